The molecule has 1 fully saturated rings. The molecule has 0 saturated carbocycles. The van der Waals surface area contributed by atoms with E-state index < -0.39 is 0 Å². The van der Waals surface area contributed by atoms with Crippen molar-refractivity contribution in [3.63, 3.8) is 0 Å². The van der Waals surface area contributed by atoms with Gasteiger partial charge in [-0.2, -0.15) is 0 Å². The largest absolute Gasteiger partial charge is 0.493 e. The third-order valence-electron chi connectivity index (χ3n) is 4.23. The lowest BCUT2D eigenvalue weighted by Gasteiger charge is -2.14. The summed E-state index contributed by atoms with van der Waals surface area (Å²) in [7, 11) is 1.61. The van der Waals surface area contributed by atoms with Crippen molar-refractivity contribution >= 4 is 29.5 Å². The van der Waals surface area contributed by atoms with E-state index >= 15 is 0 Å². The Kier molecular flexibility index (Phi) is 5.97. The van der Waals surface area contributed by atoms with Gasteiger partial charge in [0.15, 0.2) is 11.5 Å². The second kappa shape index (κ2) is 8.19. The number of methoxy groups -OCH3 is 1. The van der Waals surface area contributed by atoms with E-state index in [2.05, 4.69) is 6.92 Å². The monoisotopic (exact) mass is 374 g/mol. The zero-order chi connectivity index (χ0) is 17.8. The van der Waals surface area contributed by atoms with Crippen molar-refractivity contribution in [3.05, 3.63) is 58.7 Å². The highest BCUT2D eigenvalue weighted by Crippen LogP contribution is 2.46. The molecule has 1 aliphatic rings. The van der Waals surface area contributed by atoms with Gasteiger partial charge in [-0.25, -0.2) is 0 Å². The van der Waals surface area contributed by atoms with E-state index in [0.717, 1.165) is 5.56 Å². The van der Waals surface area contributed by atoms with Crippen LogP contribution in [0.25, 0.3) is 0 Å². The standard InChI is InChI=1S/C20H22O3S2/c1-13-4-5-15(10-14(13)2)11-19(21)23-17-7-6-16(12-18(17)22-3)20-24-8-9-25-20/h4-7,10,12,20H,8-9,11H2,1-3H3. The molecule has 0 aromatic heterocycles. The van der Waals surface area contributed by atoms with Crippen LogP contribution in [0.1, 0.15) is 26.8 Å². The van der Waals surface area contributed by atoms with Gasteiger partial charge in [-0.1, -0.05) is 24.3 Å². The van der Waals surface area contributed by atoms with E-state index in [4.69, 9.17) is 9.47 Å². The highest BCUT2D eigenvalue weighted by Gasteiger charge is 2.20. The third kappa shape index (κ3) is 4.53. The molecule has 3 rings (SSSR count). The summed E-state index contributed by atoms with van der Waals surface area (Å²) in [6.07, 6.45) is 0.250. The van der Waals surface area contributed by atoms with Crippen LogP contribution in [0, 0.1) is 13.8 Å². The number of aryl methyl sites for hydroxylation is 2. The first-order chi connectivity index (χ1) is 12.1. The number of thioether (sulfide) groups is 2. The number of benzene rings is 2. The summed E-state index contributed by atoms with van der Waals surface area (Å²) >= 11 is 3.88. The van der Waals surface area contributed by atoms with Crippen molar-refractivity contribution < 1.29 is 14.3 Å². The molecule has 25 heavy (non-hydrogen) atoms. The minimum Gasteiger partial charge on any atom is -0.493 e. The summed E-state index contributed by atoms with van der Waals surface area (Å²) in [6, 6.07) is 11.9. The fraction of sp³-hybridized carbons (Fsp3) is 0.350. The molecule has 0 atom stereocenters. The normalized spacial score (nSPS) is 14.5. The zero-order valence-corrected chi connectivity index (χ0v) is 16.3. The molecule has 0 spiro atoms. The second-order valence-corrected chi connectivity index (χ2v) is 8.78. The lowest BCUT2D eigenvalue weighted by Crippen LogP contribution is -2.12. The minimum absolute atomic E-state index is 0.250. The van der Waals surface area contributed by atoms with Gasteiger partial charge in [0.05, 0.1) is 18.1 Å². The number of hydrogen-bond acceptors (Lipinski definition) is 5. The molecule has 132 valence electrons. The van der Waals surface area contributed by atoms with E-state index in [1.54, 1.807) is 7.11 Å². The highest BCUT2D eigenvalue weighted by atomic mass is 32.2. The average Bonchev–Trinajstić information content (AvgIpc) is 3.13. The zero-order valence-electron chi connectivity index (χ0n) is 14.7. The van der Waals surface area contributed by atoms with Crippen LogP contribution in [0.3, 0.4) is 0 Å². The van der Waals surface area contributed by atoms with Crippen molar-refractivity contribution in [2.75, 3.05) is 18.6 Å². The Balaban J connectivity index is 1.70. The maximum Gasteiger partial charge on any atom is 0.315 e. The minimum atomic E-state index is -0.279. The lowest BCUT2D eigenvalue weighted by molar-refractivity contribution is -0.133. The Morgan fingerprint density at radius 3 is 2.48 bits per heavy atom. The predicted octanol–water partition coefficient (Wildman–Crippen LogP) is 4.94. The van der Waals surface area contributed by atoms with Crippen molar-refractivity contribution in [1.29, 1.82) is 0 Å². The van der Waals surface area contributed by atoms with Gasteiger partial charge in [-0.15, -0.1) is 23.5 Å². The molecular formula is C20H22O3S2. The van der Waals surface area contributed by atoms with Crippen LogP contribution >= 0.6 is 23.5 Å². The molecule has 1 aliphatic heterocycles. The Morgan fingerprint density at radius 1 is 1.04 bits per heavy atom. The fourth-order valence-corrected chi connectivity index (χ4v) is 5.54. The summed E-state index contributed by atoms with van der Waals surface area (Å²) in [4.78, 5) is 12.3. The van der Waals surface area contributed by atoms with E-state index in [0.29, 0.717) is 16.1 Å². The van der Waals surface area contributed by atoms with E-state index in [1.807, 2.05) is 66.8 Å². The number of carbonyl (C=O) groups is 1. The van der Waals surface area contributed by atoms with Crippen LogP contribution in [-0.2, 0) is 11.2 Å². The first kappa shape index (κ1) is 18.2. The van der Waals surface area contributed by atoms with E-state index in [-0.39, 0.29) is 12.4 Å². The molecule has 1 heterocycles. The molecule has 0 amide bonds. The Hall–Kier alpha value is -1.59. The molecular weight excluding hydrogens is 352 g/mol. The maximum absolute atomic E-state index is 12.3. The van der Waals surface area contributed by atoms with Crippen LogP contribution in [-0.4, -0.2) is 24.6 Å². The van der Waals surface area contributed by atoms with Crippen molar-refractivity contribution in [1.82, 2.24) is 0 Å². The molecule has 0 unspecified atom stereocenters. The summed E-state index contributed by atoms with van der Waals surface area (Å²) in [5.74, 6) is 3.15. The quantitative estimate of drug-likeness (QED) is 0.547. The highest BCUT2D eigenvalue weighted by molar-refractivity contribution is 8.19. The van der Waals surface area contributed by atoms with Gasteiger partial charge >= 0.3 is 5.97 Å². The first-order valence-corrected chi connectivity index (χ1v) is 10.3. The molecule has 0 radical (unpaired) electrons. The van der Waals surface area contributed by atoms with Crippen LogP contribution in [0.5, 0.6) is 11.5 Å². The topological polar surface area (TPSA) is 35.5 Å². The van der Waals surface area contributed by atoms with E-state index in [9.17, 15) is 4.79 Å². The van der Waals surface area contributed by atoms with Gasteiger partial charge in [0.25, 0.3) is 0 Å². The Labute approximate surface area is 157 Å². The van der Waals surface area contributed by atoms with Gasteiger partial charge in [0.1, 0.15) is 0 Å². The number of hydrogen-bond donors (Lipinski definition) is 0. The molecule has 3 nitrogen and oxygen atoms in total. The molecule has 0 N–H and O–H groups in total. The molecule has 2 aromatic carbocycles. The third-order valence-corrected chi connectivity index (χ3v) is 7.33. The Bertz CT molecular complexity index is 768. The predicted molar refractivity (Wildman–Crippen MR) is 106 cm³/mol. The maximum atomic E-state index is 12.3. The van der Waals surface area contributed by atoms with Crippen LogP contribution in [0.4, 0.5) is 0 Å². The summed E-state index contributed by atoms with van der Waals surface area (Å²) in [6.45, 7) is 4.11. The van der Waals surface area contributed by atoms with Crippen molar-refractivity contribution in [2.45, 2.75) is 24.9 Å². The second-order valence-electron chi connectivity index (χ2n) is 6.05. The van der Waals surface area contributed by atoms with Crippen LogP contribution in [0.2, 0.25) is 0 Å². The summed E-state index contributed by atoms with van der Waals surface area (Å²) in [5, 5.41) is 0. The van der Waals surface area contributed by atoms with Crippen LogP contribution < -0.4 is 9.47 Å². The lowest BCUT2D eigenvalue weighted by atomic mass is 10.0. The molecule has 5 heteroatoms. The smallest absolute Gasteiger partial charge is 0.315 e. The van der Waals surface area contributed by atoms with Gasteiger partial charge in [-0.05, 0) is 48.2 Å². The summed E-state index contributed by atoms with van der Waals surface area (Å²) < 4.78 is 11.4. The number of rotatable bonds is 5. The first-order valence-electron chi connectivity index (χ1n) is 8.25. The van der Waals surface area contributed by atoms with Crippen molar-refractivity contribution in [3.8, 4) is 11.5 Å². The van der Waals surface area contributed by atoms with Gasteiger partial charge in [0, 0.05) is 11.5 Å². The van der Waals surface area contributed by atoms with Crippen molar-refractivity contribution in [2.24, 2.45) is 0 Å². The average molecular weight is 375 g/mol. The van der Waals surface area contributed by atoms with Gasteiger partial charge in [-0.3, -0.25) is 4.79 Å². The molecule has 0 aliphatic carbocycles. The van der Waals surface area contributed by atoms with Gasteiger partial charge in [0.2, 0.25) is 0 Å². The van der Waals surface area contributed by atoms with Gasteiger partial charge < -0.3 is 9.47 Å². The molecule has 1 saturated heterocycles. The SMILES string of the molecule is COc1cc(C2SCCS2)ccc1OC(=O)Cc1ccc(C)c(C)c1. The van der Waals surface area contributed by atoms with Crippen LogP contribution in [0.15, 0.2) is 36.4 Å². The summed E-state index contributed by atoms with van der Waals surface area (Å²) in [5.41, 5.74) is 4.57. The molecule has 2 aromatic rings. The number of ether oxygens (including phenoxy) is 2. The number of carbonyl (C=O) groups excluding carboxylic acids is 1. The van der Waals surface area contributed by atoms with E-state index in [1.165, 1.54) is 28.2 Å². The fourth-order valence-electron chi connectivity index (χ4n) is 2.70. The Morgan fingerprint density at radius 2 is 1.80 bits per heavy atom. The molecule has 0 bridgehead atoms. The number of esters is 1.